The van der Waals surface area contributed by atoms with Crippen LogP contribution in [0.4, 0.5) is 17.3 Å². The van der Waals surface area contributed by atoms with Gasteiger partial charge in [0.15, 0.2) is 0 Å². The average molecular weight is 316 g/mol. The molecule has 1 unspecified atom stereocenters. The summed E-state index contributed by atoms with van der Waals surface area (Å²) in [5.74, 6) is -1.23. The van der Waals surface area contributed by atoms with E-state index in [-0.39, 0.29) is 69.8 Å². The van der Waals surface area contributed by atoms with Crippen molar-refractivity contribution in [2.75, 3.05) is 13.2 Å². The fraction of sp³-hybridized carbons (Fsp3) is 0.500. The Kier molecular flexibility index (Phi) is 7.51. The van der Waals surface area contributed by atoms with Crippen LogP contribution >= 0.6 is 0 Å². The van der Waals surface area contributed by atoms with Crippen LogP contribution in [-0.2, 0) is 4.74 Å². The maximum atomic E-state index is 12.9. The van der Waals surface area contributed by atoms with E-state index < -0.39 is 18.3 Å². The molecule has 0 N–H and O–H groups in total. The van der Waals surface area contributed by atoms with Gasteiger partial charge < -0.3 is 22.4 Å². The van der Waals surface area contributed by atoms with E-state index >= 15 is 0 Å². The Balaban J connectivity index is 0.00000200. The Hall–Kier alpha value is 0.401. The van der Waals surface area contributed by atoms with E-state index in [9.17, 15) is 17.3 Å². The van der Waals surface area contributed by atoms with Gasteiger partial charge in [-0.2, -0.15) is 0 Å². The van der Waals surface area contributed by atoms with Crippen molar-refractivity contribution < 1.29 is 78.2 Å². The Labute approximate surface area is 157 Å². The summed E-state index contributed by atoms with van der Waals surface area (Å²) in [5.41, 5.74) is -1.02. The summed E-state index contributed by atoms with van der Waals surface area (Å²) in [5, 5.41) is 0. The maximum absolute atomic E-state index is 12.9. The summed E-state index contributed by atoms with van der Waals surface area (Å²) in [6.07, 6.45) is 2.48. The molecule has 1 aromatic carbocycles. The van der Waals surface area contributed by atoms with E-state index in [4.69, 9.17) is 9.47 Å². The van der Waals surface area contributed by atoms with Crippen molar-refractivity contribution in [2.45, 2.75) is 25.4 Å². The van der Waals surface area contributed by atoms with Crippen molar-refractivity contribution in [3.8, 4) is 5.75 Å². The third kappa shape index (κ3) is 5.31. The largest absolute Gasteiger partial charge is 1.00 e. The van der Waals surface area contributed by atoms with E-state index in [1.165, 1.54) is 0 Å². The fourth-order valence-electron chi connectivity index (χ4n) is 2.08. The van der Waals surface area contributed by atoms with Gasteiger partial charge in [-0.1, -0.05) is 5.46 Å². The Morgan fingerprint density at radius 2 is 2.05 bits per heavy atom. The molecule has 1 aliphatic heterocycles. The van der Waals surface area contributed by atoms with E-state index in [2.05, 4.69) is 0 Å². The second kappa shape index (κ2) is 8.14. The van der Waals surface area contributed by atoms with Gasteiger partial charge in [0.2, 0.25) is 0 Å². The zero-order valence-corrected chi connectivity index (χ0v) is 14.4. The van der Waals surface area contributed by atoms with Gasteiger partial charge in [0.25, 0.3) is 0 Å². The summed E-state index contributed by atoms with van der Waals surface area (Å²) in [6.45, 7) is -4.46. The number of halogens is 4. The minimum absolute atomic E-state index is 0. The van der Waals surface area contributed by atoms with Crippen molar-refractivity contribution in [3.05, 3.63) is 24.0 Å². The Morgan fingerprint density at radius 1 is 1.30 bits per heavy atom. The molecule has 1 aromatic rings. The van der Waals surface area contributed by atoms with Crippen LogP contribution in [0.5, 0.6) is 5.75 Å². The molecular weight excluding hydrogens is 302 g/mol. The van der Waals surface area contributed by atoms with Crippen molar-refractivity contribution in [3.63, 3.8) is 0 Å². The van der Waals surface area contributed by atoms with Crippen LogP contribution in [0, 0.1) is 5.82 Å². The molecule has 0 bridgehead atoms. The summed E-state index contributed by atoms with van der Waals surface area (Å²) >= 11 is 0. The second-order valence-electron chi connectivity index (χ2n) is 4.53. The van der Waals surface area contributed by atoms with Gasteiger partial charge in [0.1, 0.15) is 5.82 Å². The van der Waals surface area contributed by atoms with Crippen molar-refractivity contribution in [2.24, 2.45) is 0 Å². The first-order valence-corrected chi connectivity index (χ1v) is 6.20. The number of rotatable bonds is 5. The molecule has 0 amide bonds. The number of benzene rings is 1. The zero-order chi connectivity index (χ0) is 13.9. The minimum Gasteiger partial charge on any atom is -0.496 e. The van der Waals surface area contributed by atoms with Gasteiger partial charge >= 0.3 is 58.4 Å². The van der Waals surface area contributed by atoms with Crippen LogP contribution in [0.1, 0.15) is 19.3 Å². The quantitative estimate of drug-likeness (QED) is 0.555. The van der Waals surface area contributed by atoms with Gasteiger partial charge in [0.05, 0.1) is 18.5 Å². The normalized spacial score (nSPS) is 18.7. The molecule has 1 aliphatic rings. The van der Waals surface area contributed by atoms with Crippen LogP contribution in [0.25, 0.3) is 0 Å². The van der Waals surface area contributed by atoms with Gasteiger partial charge in [-0.3, -0.25) is 0 Å². The molecule has 1 atom stereocenters. The van der Waals surface area contributed by atoms with Gasteiger partial charge in [-0.05, 0) is 31.0 Å². The molecule has 2 rings (SSSR count). The standard InChI is InChI=1S/C12H14BF4O2.K/c14-9-3-4-12(11(8-9)13(15,16)17)19-7-5-10-2-1-6-18-10;/h3-4,8,10H,1-2,5-7H2;/q-1;+1. The fourth-order valence-corrected chi connectivity index (χ4v) is 2.08. The van der Waals surface area contributed by atoms with E-state index in [0.29, 0.717) is 19.1 Å². The molecule has 0 spiro atoms. The Morgan fingerprint density at radius 3 is 2.65 bits per heavy atom. The predicted octanol–water partition coefficient (Wildman–Crippen LogP) is -0.168. The maximum Gasteiger partial charge on any atom is 1.00 e. The molecular formula is C12H14BF4KO2. The summed E-state index contributed by atoms with van der Waals surface area (Å²) in [7, 11) is 0. The third-order valence-electron chi connectivity index (χ3n) is 3.05. The number of ether oxygens (including phenoxy) is 2. The van der Waals surface area contributed by atoms with Crippen LogP contribution in [0.15, 0.2) is 18.2 Å². The second-order valence-corrected chi connectivity index (χ2v) is 4.53. The monoisotopic (exact) mass is 316 g/mol. The molecule has 106 valence electrons. The smallest absolute Gasteiger partial charge is 0.496 e. The zero-order valence-electron chi connectivity index (χ0n) is 11.3. The number of hydrogen-bond donors (Lipinski definition) is 0. The van der Waals surface area contributed by atoms with Gasteiger partial charge in [-0.15, -0.1) is 0 Å². The Bertz CT molecular complexity index is 436. The van der Waals surface area contributed by atoms with Crippen molar-refractivity contribution in [1.29, 1.82) is 0 Å². The summed E-state index contributed by atoms with van der Waals surface area (Å²) in [4.78, 5) is 0. The predicted molar refractivity (Wildman–Crippen MR) is 64.2 cm³/mol. The first kappa shape index (κ1) is 18.5. The van der Waals surface area contributed by atoms with E-state index in [1.807, 2.05) is 0 Å². The first-order chi connectivity index (χ1) is 8.97. The molecule has 2 nitrogen and oxygen atoms in total. The van der Waals surface area contributed by atoms with Crippen LogP contribution in [0.2, 0.25) is 0 Å². The average Bonchev–Trinajstić information content (AvgIpc) is 2.83. The van der Waals surface area contributed by atoms with Gasteiger partial charge in [-0.25, -0.2) is 4.39 Å². The molecule has 0 aliphatic carbocycles. The molecule has 1 saturated heterocycles. The minimum atomic E-state index is -5.28. The van der Waals surface area contributed by atoms with Crippen molar-refractivity contribution >= 4 is 12.4 Å². The molecule has 0 aromatic heterocycles. The molecule has 1 heterocycles. The molecule has 0 radical (unpaired) electrons. The molecule has 1 fully saturated rings. The third-order valence-corrected chi connectivity index (χ3v) is 3.05. The first-order valence-electron chi connectivity index (χ1n) is 6.20. The number of hydrogen-bond acceptors (Lipinski definition) is 2. The van der Waals surface area contributed by atoms with Gasteiger partial charge in [0, 0.05) is 13.0 Å². The van der Waals surface area contributed by atoms with Crippen molar-refractivity contribution in [1.82, 2.24) is 0 Å². The van der Waals surface area contributed by atoms with E-state index in [1.54, 1.807) is 0 Å². The van der Waals surface area contributed by atoms with Crippen LogP contribution < -0.4 is 61.6 Å². The molecule has 8 heteroatoms. The van der Waals surface area contributed by atoms with Crippen LogP contribution in [-0.4, -0.2) is 26.3 Å². The molecule has 0 saturated carbocycles. The SMILES string of the molecule is Fc1ccc(OCCC2CCCO2)c([B-](F)(F)F)c1.[K+]. The summed E-state index contributed by atoms with van der Waals surface area (Å²) in [6, 6.07) is 2.46. The summed E-state index contributed by atoms with van der Waals surface area (Å²) < 4.78 is 61.6. The topological polar surface area (TPSA) is 18.5 Å². The van der Waals surface area contributed by atoms with E-state index in [0.717, 1.165) is 25.0 Å². The molecule has 20 heavy (non-hydrogen) atoms. The van der Waals surface area contributed by atoms with Crippen LogP contribution in [0.3, 0.4) is 0 Å².